The minimum absolute atomic E-state index is 0.210. The molecule has 2 aromatic carbocycles. The van der Waals surface area contributed by atoms with E-state index >= 15 is 0 Å². The van der Waals surface area contributed by atoms with Crippen LogP contribution in [-0.4, -0.2) is 12.1 Å². The van der Waals surface area contributed by atoms with Crippen LogP contribution in [0.2, 0.25) is 5.02 Å². The minimum atomic E-state index is -0.430. The first kappa shape index (κ1) is 18.4. The number of halogens is 1. The Morgan fingerprint density at radius 2 is 1.89 bits per heavy atom. The van der Waals surface area contributed by atoms with Crippen LogP contribution in [0.4, 0.5) is 0 Å². The molecule has 5 nitrogen and oxygen atoms in total. The quantitative estimate of drug-likeness (QED) is 0.380. The Balaban J connectivity index is 1.59. The largest absolute Gasteiger partial charge is 0.463 e. The van der Waals surface area contributed by atoms with E-state index in [1.807, 2.05) is 38.1 Å². The smallest absolute Gasteiger partial charge is 0.283 e. The van der Waals surface area contributed by atoms with E-state index in [2.05, 4.69) is 10.5 Å². The molecule has 0 aliphatic heterocycles. The van der Waals surface area contributed by atoms with Gasteiger partial charge in [-0.15, -0.1) is 11.3 Å². The van der Waals surface area contributed by atoms with Gasteiger partial charge in [-0.1, -0.05) is 35.4 Å². The number of amides is 1. The van der Waals surface area contributed by atoms with Gasteiger partial charge in [0.2, 0.25) is 5.43 Å². The van der Waals surface area contributed by atoms with E-state index in [0.29, 0.717) is 20.9 Å². The number of nitrogens with zero attached hydrogens (tertiary/aromatic N) is 1. The lowest BCUT2D eigenvalue weighted by molar-refractivity contribution is 0.0959. The van der Waals surface area contributed by atoms with Crippen LogP contribution in [0, 0.1) is 13.8 Å². The van der Waals surface area contributed by atoms with Gasteiger partial charge in [0.25, 0.3) is 5.91 Å². The number of carbonyl (C=O) groups excluding carboxylic acids is 1. The highest BCUT2D eigenvalue weighted by Crippen LogP contribution is 2.35. The molecule has 1 amide bonds. The van der Waals surface area contributed by atoms with Crippen molar-refractivity contribution in [1.82, 2.24) is 5.43 Å². The molecule has 0 atom stereocenters. The summed E-state index contributed by atoms with van der Waals surface area (Å²) in [6, 6.07) is 11.2. The standard InChI is InChI=1S/C21H15ClN2O3S/c1-11-4-6-16-15(7-11)19(25)13(10-27-16)9-23-24-21(26)20-18(22)14-5-3-12(2)8-17(14)28-20/h3-10H,1-2H3,(H,24,26). The zero-order valence-electron chi connectivity index (χ0n) is 15.1. The Kier molecular flexibility index (Phi) is 4.75. The number of hydrazone groups is 1. The van der Waals surface area contributed by atoms with E-state index in [-0.39, 0.29) is 11.0 Å². The number of aryl methyl sites for hydroxylation is 2. The predicted molar refractivity (Wildman–Crippen MR) is 114 cm³/mol. The average molecular weight is 411 g/mol. The number of nitrogens with one attached hydrogen (secondary N) is 1. The number of thiophene rings is 1. The van der Waals surface area contributed by atoms with E-state index in [1.54, 1.807) is 12.1 Å². The van der Waals surface area contributed by atoms with E-state index in [0.717, 1.165) is 21.2 Å². The van der Waals surface area contributed by atoms with Crippen molar-refractivity contribution in [2.75, 3.05) is 0 Å². The van der Waals surface area contributed by atoms with Crippen molar-refractivity contribution < 1.29 is 9.21 Å². The summed E-state index contributed by atoms with van der Waals surface area (Å²) >= 11 is 7.64. The topological polar surface area (TPSA) is 71.7 Å². The van der Waals surface area contributed by atoms with Crippen LogP contribution in [0.25, 0.3) is 21.1 Å². The third-order valence-electron chi connectivity index (χ3n) is 4.32. The average Bonchev–Trinajstić information content (AvgIpc) is 3.00. The molecule has 0 saturated heterocycles. The Labute approximate surface area is 169 Å². The second-order valence-electron chi connectivity index (χ2n) is 6.46. The second-order valence-corrected chi connectivity index (χ2v) is 7.89. The fourth-order valence-electron chi connectivity index (χ4n) is 2.88. The van der Waals surface area contributed by atoms with Gasteiger partial charge in [0.15, 0.2) is 0 Å². The van der Waals surface area contributed by atoms with Crippen LogP contribution in [-0.2, 0) is 0 Å². The van der Waals surface area contributed by atoms with Crippen molar-refractivity contribution in [3.63, 3.8) is 0 Å². The van der Waals surface area contributed by atoms with E-state index < -0.39 is 5.91 Å². The Bertz CT molecular complexity index is 1320. The first-order chi connectivity index (χ1) is 13.4. The second kappa shape index (κ2) is 7.22. The van der Waals surface area contributed by atoms with Crippen LogP contribution in [0.5, 0.6) is 0 Å². The van der Waals surface area contributed by atoms with Gasteiger partial charge in [-0.05, 0) is 37.6 Å². The number of rotatable bonds is 3. The van der Waals surface area contributed by atoms with Gasteiger partial charge < -0.3 is 4.42 Å². The summed E-state index contributed by atoms with van der Waals surface area (Å²) in [5.41, 5.74) is 5.01. The van der Waals surface area contributed by atoms with Crippen molar-refractivity contribution in [2.45, 2.75) is 13.8 Å². The molecule has 7 heteroatoms. The lowest BCUT2D eigenvalue weighted by Crippen LogP contribution is -2.17. The maximum absolute atomic E-state index is 12.5. The summed E-state index contributed by atoms with van der Waals surface area (Å²) in [5, 5.41) is 5.60. The monoisotopic (exact) mass is 410 g/mol. The van der Waals surface area contributed by atoms with Gasteiger partial charge in [0, 0.05) is 10.1 Å². The number of hydrogen-bond donors (Lipinski definition) is 1. The van der Waals surface area contributed by atoms with Gasteiger partial charge in [0.05, 0.1) is 22.2 Å². The summed E-state index contributed by atoms with van der Waals surface area (Å²) in [6.45, 7) is 3.88. The number of fused-ring (bicyclic) bond motifs is 2. The molecular weight excluding hydrogens is 396 g/mol. The molecule has 0 spiro atoms. The molecule has 0 aliphatic carbocycles. The van der Waals surface area contributed by atoms with E-state index in [1.165, 1.54) is 23.8 Å². The van der Waals surface area contributed by atoms with Gasteiger partial charge in [-0.2, -0.15) is 5.10 Å². The number of carbonyl (C=O) groups is 1. The third kappa shape index (κ3) is 3.32. The first-order valence-corrected chi connectivity index (χ1v) is 9.67. The number of hydrogen-bond acceptors (Lipinski definition) is 5. The van der Waals surface area contributed by atoms with Gasteiger partial charge in [-0.3, -0.25) is 9.59 Å². The molecule has 0 fully saturated rings. The van der Waals surface area contributed by atoms with E-state index in [9.17, 15) is 9.59 Å². The van der Waals surface area contributed by atoms with Crippen molar-refractivity contribution in [3.05, 3.63) is 79.5 Å². The number of benzene rings is 2. The normalized spacial score (nSPS) is 11.5. The third-order valence-corrected chi connectivity index (χ3v) is 5.97. The molecule has 1 N–H and O–H groups in total. The van der Waals surface area contributed by atoms with Crippen molar-refractivity contribution >= 4 is 56.1 Å². The summed E-state index contributed by atoms with van der Waals surface area (Å²) < 4.78 is 6.40. The fourth-order valence-corrected chi connectivity index (χ4v) is 4.38. The minimum Gasteiger partial charge on any atom is -0.463 e. The molecule has 140 valence electrons. The summed E-state index contributed by atoms with van der Waals surface area (Å²) in [5.74, 6) is -0.430. The van der Waals surface area contributed by atoms with Crippen LogP contribution >= 0.6 is 22.9 Å². The summed E-state index contributed by atoms with van der Waals surface area (Å²) in [6.07, 6.45) is 2.60. The zero-order valence-corrected chi connectivity index (χ0v) is 16.6. The molecule has 4 aromatic rings. The maximum atomic E-state index is 12.5. The molecule has 4 rings (SSSR count). The Morgan fingerprint density at radius 1 is 1.14 bits per heavy atom. The molecule has 2 aromatic heterocycles. The molecule has 0 aliphatic rings. The maximum Gasteiger partial charge on any atom is 0.283 e. The Morgan fingerprint density at radius 3 is 2.71 bits per heavy atom. The van der Waals surface area contributed by atoms with Crippen molar-refractivity contribution in [3.8, 4) is 0 Å². The SMILES string of the molecule is Cc1ccc2c(Cl)c(C(=O)NN=Cc3coc4ccc(C)cc4c3=O)sc2c1. The molecular formula is C21H15ClN2O3S. The van der Waals surface area contributed by atoms with Crippen molar-refractivity contribution in [2.24, 2.45) is 5.10 Å². The fraction of sp³-hybridized carbons (Fsp3) is 0.0952. The lowest BCUT2D eigenvalue weighted by Gasteiger charge is -2.00. The van der Waals surface area contributed by atoms with Crippen molar-refractivity contribution in [1.29, 1.82) is 0 Å². The summed E-state index contributed by atoms with van der Waals surface area (Å²) in [7, 11) is 0. The lowest BCUT2D eigenvalue weighted by atomic mass is 10.1. The molecule has 0 bridgehead atoms. The first-order valence-electron chi connectivity index (χ1n) is 8.48. The molecule has 0 unspecified atom stereocenters. The van der Waals surface area contributed by atoms with Crippen LogP contribution in [0.1, 0.15) is 26.4 Å². The Hall–Kier alpha value is -2.96. The molecule has 0 radical (unpaired) electrons. The van der Waals surface area contributed by atoms with Crippen LogP contribution in [0.15, 0.2) is 57.0 Å². The van der Waals surface area contributed by atoms with Gasteiger partial charge >= 0.3 is 0 Å². The highest BCUT2D eigenvalue weighted by molar-refractivity contribution is 7.21. The van der Waals surface area contributed by atoms with Crippen LogP contribution < -0.4 is 10.9 Å². The highest BCUT2D eigenvalue weighted by Gasteiger charge is 2.16. The van der Waals surface area contributed by atoms with E-state index in [4.69, 9.17) is 16.0 Å². The van der Waals surface area contributed by atoms with Gasteiger partial charge in [-0.25, -0.2) is 5.43 Å². The highest BCUT2D eigenvalue weighted by atomic mass is 35.5. The summed E-state index contributed by atoms with van der Waals surface area (Å²) in [4.78, 5) is 25.4. The predicted octanol–water partition coefficient (Wildman–Crippen LogP) is 5.04. The van der Waals surface area contributed by atoms with Crippen LogP contribution in [0.3, 0.4) is 0 Å². The molecule has 28 heavy (non-hydrogen) atoms. The zero-order chi connectivity index (χ0) is 19.8. The molecule has 0 saturated carbocycles. The molecule has 2 heterocycles. The van der Waals surface area contributed by atoms with Gasteiger partial charge in [0.1, 0.15) is 16.7 Å².